The first-order chi connectivity index (χ1) is 20.8. The second-order valence-corrected chi connectivity index (χ2v) is 15.2. The van der Waals surface area contributed by atoms with Crippen molar-refractivity contribution < 1.29 is 23.8 Å². The fraction of sp³-hybridized carbons (Fsp3) is 0.514. The van der Waals surface area contributed by atoms with Gasteiger partial charge < -0.3 is 19.1 Å². The number of methoxy groups -OCH3 is 1. The Morgan fingerprint density at radius 3 is 2.11 bits per heavy atom. The zero-order valence-corrected chi connectivity index (χ0v) is 29.4. The van der Waals surface area contributed by atoms with Gasteiger partial charge in [-0.25, -0.2) is 0 Å². The van der Waals surface area contributed by atoms with Gasteiger partial charge >= 0.3 is 0 Å². The van der Waals surface area contributed by atoms with Crippen LogP contribution >= 0.6 is 22.6 Å². The molecule has 2 aromatic rings. The number of rotatable bonds is 10. The molecule has 1 aliphatic heterocycles. The summed E-state index contributed by atoms with van der Waals surface area (Å²) in [6.45, 7) is 15.0. The number of hydrogen-bond acceptors (Lipinski definition) is 6. The van der Waals surface area contributed by atoms with Crippen LogP contribution in [0.4, 0.5) is 0 Å². The van der Waals surface area contributed by atoms with Crippen LogP contribution in [0.2, 0.25) is 0 Å². The lowest BCUT2D eigenvalue weighted by Gasteiger charge is -2.49. The van der Waals surface area contributed by atoms with E-state index in [9.17, 15) is 9.59 Å². The molecule has 0 spiro atoms. The van der Waals surface area contributed by atoms with E-state index in [1.54, 1.807) is 7.11 Å². The number of carbonyl (C=O) groups excluding carboxylic acids is 2. The largest absolute Gasteiger partial charge is 0.490 e. The van der Waals surface area contributed by atoms with Gasteiger partial charge in [0.05, 0.1) is 10.2 Å². The molecule has 0 unspecified atom stereocenters. The summed E-state index contributed by atoms with van der Waals surface area (Å²) in [7, 11) is 1.72. The summed E-state index contributed by atoms with van der Waals surface area (Å²) in [5.41, 5.74) is 6.56. The Bertz CT molecular complexity index is 1460. The highest BCUT2D eigenvalue weighted by Gasteiger charge is 2.49. The van der Waals surface area contributed by atoms with Crippen molar-refractivity contribution in [2.45, 2.75) is 86.2 Å². The number of benzene rings is 2. The van der Waals surface area contributed by atoms with Gasteiger partial charge in [-0.05, 0) is 89.8 Å². The van der Waals surface area contributed by atoms with Crippen LogP contribution in [0.1, 0.15) is 89.3 Å². The SMILES string of the molecule is CCOc1cc(C2C3=C(CC(C)(C)CC3=O)N(CCCOC)C3=C2C(=O)CC(C)(C)C3)cc(I)c1OCc1cccc(C)c1. The first kappa shape index (κ1) is 32.7. The maximum Gasteiger partial charge on any atom is 0.174 e. The summed E-state index contributed by atoms with van der Waals surface area (Å²) in [6, 6.07) is 12.4. The minimum atomic E-state index is -0.426. The Morgan fingerprint density at radius 1 is 0.909 bits per heavy atom. The summed E-state index contributed by atoms with van der Waals surface area (Å²) in [5.74, 6) is 1.17. The molecule has 7 heteroatoms. The predicted molar refractivity (Wildman–Crippen MR) is 182 cm³/mol. The predicted octanol–water partition coefficient (Wildman–Crippen LogP) is 8.30. The number of nitrogens with zero attached hydrogens (tertiary/aromatic N) is 1. The number of aryl methyl sites for hydroxylation is 1. The molecule has 6 nitrogen and oxygen atoms in total. The lowest BCUT2D eigenvalue weighted by atomic mass is 9.63. The van der Waals surface area contributed by atoms with Gasteiger partial charge in [-0.2, -0.15) is 0 Å². The van der Waals surface area contributed by atoms with Gasteiger partial charge in [0.1, 0.15) is 6.61 Å². The molecule has 0 aromatic heterocycles. The lowest BCUT2D eigenvalue weighted by Crippen LogP contribution is -2.44. The molecule has 0 bridgehead atoms. The summed E-state index contributed by atoms with van der Waals surface area (Å²) >= 11 is 2.31. The number of ether oxygens (including phenoxy) is 3. The topological polar surface area (TPSA) is 65.1 Å². The van der Waals surface area contributed by atoms with Crippen molar-refractivity contribution in [1.29, 1.82) is 0 Å². The molecule has 0 N–H and O–H groups in total. The van der Waals surface area contributed by atoms with Gasteiger partial charge in [0.2, 0.25) is 0 Å². The molecule has 0 saturated heterocycles. The minimum Gasteiger partial charge on any atom is -0.490 e. The van der Waals surface area contributed by atoms with Crippen molar-refractivity contribution in [3.05, 3.63) is 79.2 Å². The minimum absolute atomic E-state index is 0.134. The molecule has 2 aliphatic carbocycles. The molecular formula is C37H46INO5. The second-order valence-electron chi connectivity index (χ2n) is 14.1. The Morgan fingerprint density at radius 2 is 1.55 bits per heavy atom. The zero-order valence-electron chi connectivity index (χ0n) is 27.3. The molecule has 0 amide bonds. The first-order valence-electron chi connectivity index (χ1n) is 15.8. The molecule has 0 radical (unpaired) electrons. The van der Waals surface area contributed by atoms with Gasteiger partial charge in [0, 0.05) is 61.6 Å². The van der Waals surface area contributed by atoms with Crippen LogP contribution in [0.5, 0.6) is 11.5 Å². The molecule has 0 saturated carbocycles. The van der Waals surface area contributed by atoms with Crippen LogP contribution < -0.4 is 9.47 Å². The number of ketones is 2. The second kappa shape index (κ2) is 13.0. The van der Waals surface area contributed by atoms with Crippen LogP contribution in [0.15, 0.2) is 58.9 Å². The van der Waals surface area contributed by atoms with E-state index in [4.69, 9.17) is 14.2 Å². The van der Waals surface area contributed by atoms with E-state index in [1.165, 1.54) is 5.56 Å². The number of allylic oxidation sites excluding steroid dienone is 4. The van der Waals surface area contributed by atoms with Gasteiger partial charge in [0.25, 0.3) is 0 Å². The lowest BCUT2D eigenvalue weighted by molar-refractivity contribution is -0.119. The van der Waals surface area contributed by atoms with E-state index >= 15 is 0 Å². The van der Waals surface area contributed by atoms with E-state index < -0.39 is 5.92 Å². The Hall–Kier alpha value is -2.65. The van der Waals surface area contributed by atoms with E-state index in [0.717, 1.165) is 63.0 Å². The van der Waals surface area contributed by atoms with Crippen molar-refractivity contribution in [3.8, 4) is 11.5 Å². The third-order valence-electron chi connectivity index (χ3n) is 8.88. The Balaban J connectivity index is 1.66. The van der Waals surface area contributed by atoms with E-state index in [2.05, 4.69) is 86.4 Å². The monoisotopic (exact) mass is 711 g/mol. The van der Waals surface area contributed by atoms with Gasteiger partial charge in [-0.15, -0.1) is 0 Å². The van der Waals surface area contributed by atoms with Crippen molar-refractivity contribution >= 4 is 34.2 Å². The summed E-state index contributed by atoms with van der Waals surface area (Å²) in [4.78, 5) is 30.6. The molecule has 236 valence electrons. The summed E-state index contributed by atoms with van der Waals surface area (Å²) in [6.07, 6.45) is 3.32. The van der Waals surface area contributed by atoms with Crippen LogP contribution in [0.3, 0.4) is 0 Å². The number of hydrogen-bond donors (Lipinski definition) is 0. The standard InChI is InChI=1S/C37H46INO5/c1-8-43-31-17-25(16-26(38)35(31)44-22-24-12-9-11-23(2)15-24)32-33-27(18-36(3,4)20-29(33)40)39(13-10-14-42-7)28-19-37(5,6)21-30(41)34(28)32/h9,11-12,15-17,32H,8,10,13-14,18-22H2,1-7H3. The smallest absolute Gasteiger partial charge is 0.174 e. The van der Waals surface area contributed by atoms with E-state index in [1.807, 2.05) is 19.1 Å². The van der Waals surface area contributed by atoms with Crippen molar-refractivity contribution in [1.82, 2.24) is 4.90 Å². The summed E-state index contributed by atoms with van der Waals surface area (Å²) < 4.78 is 18.9. The van der Waals surface area contributed by atoms with Crippen LogP contribution in [-0.4, -0.2) is 43.3 Å². The highest BCUT2D eigenvalue weighted by molar-refractivity contribution is 14.1. The molecule has 0 fully saturated rings. The fourth-order valence-corrected chi connectivity index (χ4v) is 7.91. The third kappa shape index (κ3) is 6.79. The quantitative estimate of drug-likeness (QED) is 0.183. The Labute approximate surface area is 276 Å². The van der Waals surface area contributed by atoms with Crippen LogP contribution in [0, 0.1) is 21.3 Å². The van der Waals surface area contributed by atoms with Gasteiger partial charge in [-0.1, -0.05) is 57.5 Å². The van der Waals surface area contributed by atoms with Gasteiger partial charge in [0.15, 0.2) is 23.1 Å². The fourth-order valence-electron chi connectivity index (χ4n) is 7.13. The van der Waals surface area contributed by atoms with Crippen molar-refractivity contribution in [2.24, 2.45) is 10.8 Å². The number of carbonyl (C=O) groups is 2. The average Bonchev–Trinajstić information content (AvgIpc) is 2.92. The normalized spacial score (nSPS) is 19.7. The Kier molecular flexibility index (Phi) is 9.66. The molecule has 3 aliphatic rings. The van der Waals surface area contributed by atoms with Crippen LogP contribution in [-0.2, 0) is 20.9 Å². The first-order valence-corrected chi connectivity index (χ1v) is 16.9. The van der Waals surface area contributed by atoms with Crippen LogP contribution in [0.25, 0.3) is 0 Å². The number of Topliss-reactive ketones (excluding diaryl/α,β-unsaturated/α-hetero) is 2. The molecule has 0 atom stereocenters. The van der Waals surface area contributed by atoms with Crippen molar-refractivity contribution in [3.63, 3.8) is 0 Å². The van der Waals surface area contributed by atoms with Crippen molar-refractivity contribution in [2.75, 3.05) is 26.9 Å². The maximum atomic E-state index is 14.2. The average molecular weight is 712 g/mol. The molecule has 5 rings (SSSR count). The molecule has 44 heavy (non-hydrogen) atoms. The van der Waals surface area contributed by atoms with E-state index in [-0.39, 0.29) is 22.4 Å². The summed E-state index contributed by atoms with van der Waals surface area (Å²) in [5, 5.41) is 0. The molecule has 1 heterocycles. The van der Waals surface area contributed by atoms with Gasteiger partial charge in [-0.3, -0.25) is 9.59 Å². The third-order valence-corrected chi connectivity index (χ3v) is 9.68. The number of halogens is 1. The highest BCUT2D eigenvalue weighted by atomic mass is 127. The molecular weight excluding hydrogens is 665 g/mol. The molecule has 2 aromatic carbocycles. The highest BCUT2D eigenvalue weighted by Crippen LogP contribution is 2.55. The van der Waals surface area contributed by atoms with E-state index in [0.29, 0.717) is 44.2 Å². The maximum absolute atomic E-state index is 14.2. The zero-order chi connectivity index (χ0) is 31.8.